The first-order valence-corrected chi connectivity index (χ1v) is 11.3. The molecular formula is C25H26ClN3O3. The average molecular weight is 452 g/mol. The molecule has 0 unspecified atom stereocenters. The predicted molar refractivity (Wildman–Crippen MR) is 126 cm³/mol. The number of carbonyl (C=O) groups excluding carboxylic acids is 3. The Kier molecular flexibility index (Phi) is 6.33. The molecular weight excluding hydrogens is 426 g/mol. The Hall–Kier alpha value is -3.12. The third-order valence-corrected chi connectivity index (χ3v) is 6.60. The lowest BCUT2D eigenvalue weighted by atomic mass is 9.94. The zero-order chi connectivity index (χ0) is 22.8. The Morgan fingerprint density at radius 1 is 1.00 bits per heavy atom. The average Bonchev–Trinajstić information content (AvgIpc) is 3.00. The summed E-state index contributed by atoms with van der Waals surface area (Å²) in [6, 6.07) is 12.4. The van der Waals surface area contributed by atoms with E-state index in [1.54, 1.807) is 24.3 Å². The zero-order valence-corrected chi connectivity index (χ0v) is 19.0. The van der Waals surface area contributed by atoms with Crippen LogP contribution in [0.4, 0.5) is 11.4 Å². The first-order valence-electron chi connectivity index (χ1n) is 10.9. The summed E-state index contributed by atoms with van der Waals surface area (Å²) in [5.74, 6) is -1.12. The Morgan fingerprint density at radius 3 is 2.47 bits per heavy atom. The van der Waals surface area contributed by atoms with Crippen molar-refractivity contribution in [3.8, 4) is 0 Å². The largest absolute Gasteiger partial charge is 0.350 e. The molecule has 2 aromatic rings. The Labute approximate surface area is 192 Å². The van der Waals surface area contributed by atoms with Crippen LogP contribution >= 0.6 is 11.6 Å². The molecule has 1 aliphatic heterocycles. The minimum Gasteiger partial charge on any atom is -0.350 e. The summed E-state index contributed by atoms with van der Waals surface area (Å²) in [6.07, 6.45) is 4.74. The third kappa shape index (κ3) is 4.28. The lowest BCUT2D eigenvalue weighted by molar-refractivity contribution is -0.140. The van der Waals surface area contributed by atoms with Gasteiger partial charge in [0.1, 0.15) is 10.7 Å². The smallest absolute Gasteiger partial charge is 0.279 e. The number of hydrogen-bond acceptors (Lipinski definition) is 4. The van der Waals surface area contributed by atoms with E-state index in [4.69, 9.17) is 11.6 Å². The predicted octanol–water partition coefficient (Wildman–Crippen LogP) is 5.12. The topological polar surface area (TPSA) is 78.5 Å². The second kappa shape index (κ2) is 9.17. The number of imide groups is 1. The van der Waals surface area contributed by atoms with Gasteiger partial charge in [-0.3, -0.25) is 19.3 Å². The quantitative estimate of drug-likeness (QED) is 0.618. The van der Waals surface area contributed by atoms with Gasteiger partial charge in [-0.25, -0.2) is 0 Å². The highest BCUT2D eigenvalue weighted by Gasteiger charge is 2.42. The Bertz CT molecular complexity index is 1120. The summed E-state index contributed by atoms with van der Waals surface area (Å²) in [5.41, 5.74) is 3.84. The molecule has 1 heterocycles. The second-order valence-corrected chi connectivity index (χ2v) is 8.75. The second-order valence-electron chi connectivity index (χ2n) is 8.37. The Balaban J connectivity index is 1.51. The van der Waals surface area contributed by atoms with Crippen molar-refractivity contribution >= 4 is 40.7 Å². The number of rotatable bonds is 5. The van der Waals surface area contributed by atoms with Crippen LogP contribution in [0.1, 0.15) is 53.6 Å². The summed E-state index contributed by atoms with van der Waals surface area (Å²) < 4.78 is 0. The van der Waals surface area contributed by atoms with Crippen molar-refractivity contribution in [3.05, 3.63) is 69.9 Å². The molecule has 2 aliphatic rings. The molecule has 1 aliphatic carbocycles. The number of nitrogens with zero attached hydrogens (tertiary/aromatic N) is 1. The van der Waals surface area contributed by atoms with Crippen molar-refractivity contribution in [2.45, 2.75) is 52.0 Å². The minimum absolute atomic E-state index is 0.0642. The van der Waals surface area contributed by atoms with Gasteiger partial charge in [-0.05, 0) is 62.1 Å². The molecule has 0 spiro atoms. The Morgan fingerprint density at radius 2 is 1.72 bits per heavy atom. The van der Waals surface area contributed by atoms with Crippen molar-refractivity contribution in [1.29, 1.82) is 0 Å². The number of aryl methyl sites for hydroxylation is 1. The summed E-state index contributed by atoms with van der Waals surface area (Å²) in [7, 11) is 0. The monoisotopic (exact) mass is 451 g/mol. The molecule has 0 atom stereocenters. The van der Waals surface area contributed by atoms with Crippen molar-refractivity contribution in [1.82, 2.24) is 4.90 Å². The van der Waals surface area contributed by atoms with Crippen LogP contribution in [0, 0.1) is 13.8 Å². The SMILES string of the molecule is Cc1cccc(NC(=O)c2cccc(NC3=C(Cl)C(=O)N(C4CCCCC4)C3=O)c2)c1C. The molecule has 1 saturated carbocycles. The molecule has 166 valence electrons. The van der Waals surface area contributed by atoms with Gasteiger partial charge in [0.25, 0.3) is 17.7 Å². The van der Waals surface area contributed by atoms with Crippen LogP contribution < -0.4 is 10.6 Å². The van der Waals surface area contributed by atoms with Crippen LogP contribution in [-0.2, 0) is 9.59 Å². The number of anilines is 2. The van der Waals surface area contributed by atoms with Crippen molar-refractivity contribution in [3.63, 3.8) is 0 Å². The fourth-order valence-corrected chi connectivity index (χ4v) is 4.48. The fraction of sp³-hybridized carbons (Fsp3) is 0.320. The van der Waals surface area contributed by atoms with E-state index in [1.807, 2.05) is 32.0 Å². The first-order chi connectivity index (χ1) is 15.4. The van der Waals surface area contributed by atoms with E-state index in [9.17, 15) is 14.4 Å². The summed E-state index contributed by atoms with van der Waals surface area (Å²) in [4.78, 5) is 39.7. The van der Waals surface area contributed by atoms with E-state index in [0.717, 1.165) is 48.9 Å². The van der Waals surface area contributed by atoms with Gasteiger partial charge in [0.15, 0.2) is 0 Å². The van der Waals surface area contributed by atoms with E-state index < -0.39 is 11.8 Å². The molecule has 2 aromatic carbocycles. The lowest BCUT2D eigenvalue weighted by Crippen LogP contribution is -2.42. The van der Waals surface area contributed by atoms with Gasteiger partial charge in [-0.15, -0.1) is 0 Å². The minimum atomic E-state index is -0.449. The lowest BCUT2D eigenvalue weighted by Gasteiger charge is -2.29. The molecule has 1 fully saturated rings. The van der Waals surface area contributed by atoms with Gasteiger partial charge in [0, 0.05) is 23.0 Å². The number of amides is 3. The highest BCUT2D eigenvalue weighted by atomic mass is 35.5. The molecule has 0 aromatic heterocycles. The van der Waals surface area contributed by atoms with Gasteiger partial charge in [-0.2, -0.15) is 0 Å². The summed E-state index contributed by atoms with van der Waals surface area (Å²) in [5, 5.41) is 5.80. The number of halogens is 1. The number of nitrogens with one attached hydrogen (secondary N) is 2. The van der Waals surface area contributed by atoms with Crippen LogP contribution in [0.25, 0.3) is 0 Å². The normalized spacial score (nSPS) is 17.2. The van der Waals surface area contributed by atoms with Gasteiger partial charge in [0.2, 0.25) is 0 Å². The fourth-order valence-electron chi connectivity index (χ4n) is 4.26. The van der Waals surface area contributed by atoms with Crippen LogP contribution in [0.15, 0.2) is 53.2 Å². The maximum atomic E-state index is 13.0. The highest BCUT2D eigenvalue weighted by Crippen LogP contribution is 2.32. The van der Waals surface area contributed by atoms with Crippen LogP contribution in [0.2, 0.25) is 0 Å². The third-order valence-electron chi connectivity index (χ3n) is 6.25. The van der Waals surface area contributed by atoms with Gasteiger partial charge >= 0.3 is 0 Å². The van der Waals surface area contributed by atoms with E-state index >= 15 is 0 Å². The van der Waals surface area contributed by atoms with Crippen LogP contribution in [-0.4, -0.2) is 28.7 Å². The molecule has 3 amide bonds. The molecule has 32 heavy (non-hydrogen) atoms. The van der Waals surface area contributed by atoms with Crippen molar-refractivity contribution in [2.75, 3.05) is 10.6 Å². The van der Waals surface area contributed by atoms with Gasteiger partial charge in [-0.1, -0.05) is 49.1 Å². The van der Waals surface area contributed by atoms with E-state index in [-0.39, 0.29) is 22.7 Å². The molecule has 0 radical (unpaired) electrons. The summed E-state index contributed by atoms with van der Waals surface area (Å²) in [6.45, 7) is 3.95. The van der Waals surface area contributed by atoms with Crippen molar-refractivity contribution < 1.29 is 14.4 Å². The molecule has 7 heteroatoms. The summed E-state index contributed by atoms with van der Waals surface area (Å²) >= 11 is 6.26. The van der Waals surface area contributed by atoms with Gasteiger partial charge < -0.3 is 10.6 Å². The zero-order valence-electron chi connectivity index (χ0n) is 18.2. The number of carbonyl (C=O) groups is 3. The van der Waals surface area contributed by atoms with E-state index in [1.165, 1.54) is 4.90 Å². The molecule has 2 N–H and O–H groups in total. The van der Waals surface area contributed by atoms with E-state index in [0.29, 0.717) is 11.3 Å². The number of benzene rings is 2. The number of hydrogen-bond donors (Lipinski definition) is 2. The maximum Gasteiger partial charge on any atom is 0.279 e. The van der Waals surface area contributed by atoms with Crippen molar-refractivity contribution in [2.24, 2.45) is 0 Å². The van der Waals surface area contributed by atoms with E-state index in [2.05, 4.69) is 10.6 Å². The van der Waals surface area contributed by atoms with Crippen LogP contribution in [0.5, 0.6) is 0 Å². The molecule has 0 saturated heterocycles. The molecule has 4 rings (SSSR count). The van der Waals surface area contributed by atoms with Crippen LogP contribution in [0.3, 0.4) is 0 Å². The van der Waals surface area contributed by atoms with Gasteiger partial charge in [0.05, 0.1) is 0 Å². The highest BCUT2D eigenvalue weighted by molar-refractivity contribution is 6.48. The molecule has 0 bridgehead atoms. The maximum absolute atomic E-state index is 13.0. The first kappa shape index (κ1) is 22.1. The standard InChI is InChI=1S/C25H26ClN3O3/c1-15-8-6-13-20(16(15)2)28-23(30)17-9-7-10-18(14-17)27-22-21(26)24(31)29(25(22)32)19-11-4-3-5-12-19/h6-10,13-14,19,27H,3-5,11-12H2,1-2H3,(H,28,30). The molecule has 6 nitrogen and oxygen atoms in total.